The molecule has 0 aliphatic heterocycles. The van der Waals surface area contributed by atoms with Crippen molar-refractivity contribution in [3.8, 4) is 11.4 Å². The number of methoxy groups -OCH3 is 1. The first-order chi connectivity index (χ1) is 13.0. The van der Waals surface area contributed by atoms with Crippen LogP contribution in [0.15, 0.2) is 36.0 Å². The smallest absolute Gasteiger partial charge is 0.359 e. The number of carbonyl (C=O) groups excluding carboxylic acids is 2. The Bertz CT molecular complexity index is 895. The fourth-order valence-electron chi connectivity index (χ4n) is 3.15. The van der Waals surface area contributed by atoms with Crippen molar-refractivity contribution in [3.05, 3.63) is 53.0 Å². The Hall–Kier alpha value is -3.09. The van der Waals surface area contributed by atoms with Crippen LogP contribution in [0.3, 0.4) is 0 Å². The molecule has 1 aliphatic carbocycles. The number of hydrogen-bond donors (Lipinski definition) is 0. The molecule has 7 nitrogen and oxygen atoms in total. The Morgan fingerprint density at radius 1 is 1.26 bits per heavy atom. The zero-order chi connectivity index (χ0) is 19.6. The van der Waals surface area contributed by atoms with Crippen LogP contribution in [0.25, 0.3) is 5.69 Å². The van der Waals surface area contributed by atoms with Crippen molar-refractivity contribution in [2.75, 3.05) is 27.8 Å². The van der Waals surface area contributed by atoms with E-state index in [0.29, 0.717) is 41.1 Å². The molecule has 1 aliphatic rings. The van der Waals surface area contributed by atoms with E-state index in [2.05, 4.69) is 5.10 Å². The van der Waals surface area contributed by atoms with Gasteiger partial charge >= 0.3 is 5.97 Å². The molecule has 0 spiro atoms. The highest BCUT2D eigenvalue weighted by Gasteiger charge is 2.33. The monoisotopic (exact) mass is 369 g/mol. The van der Waals surface area contributed by atoms with Gasteiger partial charge in [0.05, 0.1) is 19.4 Å². The van der Waals surface area contributed by atoms with Crippen molar-refractivity contribution in [2.45, 2.75) is 19.8 Å². The molecule has 3 rings (SSSR count). The van der Waals surface area contributed by atoms with Gasteiger partial charge in [0.2, 0.25) is 5.78 Å². The summed E-state index contributed by atoms with van der Waals surface area (Å²) in [7, 11) is 5.34. The first-order valence-electron chi connectivity index (χ1n) is 8.81. The van der Waals surface area contributed by atoms with Crippen LogP contribution in [-0.4, -0.2) is 54.2 Å². The van der Waals surface area contributed by atoms with E-state index in [4.69, 9.17) is 9.47 Å². The molecule has 142 valence electrons. The molecule has 0 N–H and O–H groups in total. The lowest BCUT2D eigenvalue weighted by Crippen LogP contribution is -2.20. The van der Waals surface area contributed by atoms with Crippen molar-refractivity contribution in [3.63, 3.8) is 0 Å². The van der Waals surface area contributed by atoms with Gasteiger partial charge in [-0.2, -0.15) is 5.10 Å². The lowest BCUT2D eigenvalue weighted by atomic mass is 9.90. The number of rotatable bonds is 5. The van der Waals surface area contributed by atoms with Gasteiger partial charge in [0, 0.05) is 31.4 Å². The van der Waals surface area contributed by atoms with Gasteiger partial charge in [0.1, 0.15) is 11.4 Å². The molecule has 0 unspecified atom stereocenters. The predicted octanol–water partition coefficient (Wildman–Crippen LogP) is 2.63. The molecular weight excluding hydrogens is 346 g/mol. The van der Waals surface area contributed by atoms with Gasteiger partial charge in [0.25, 0.3) is 0 Å². The Balaban J connectivity index is 2.15. The first-order valence-corrected chi connectivity index (χ1v) is 8.81. The Labute approximate surface area is 158 Å². The number of allylic oxidation sites excluding steroid dienone is 1. The van der Waals surface area contributed by atoms with Gasteiger partial charge in [-0.3, -0.25) is 4.79 Å². The topological polar surface area (TPSA) is 73.7 Å². The molecular formula is C20H23N3O4. The van der Waals surface area contributed by atoms with Crippen LogP contribution < -0.4 is 4.74 Å². The van der Waals surface area contributed by atoms with Gasteiger partial charge in [-0.15, -0.1) is 0 Å². The van der Waals surface area contributed by atoms with Crippen LogP contribution in [0.2, 0.25) is 0 Å². The molecule has 0 saturated carbocycles. The first kappa shape index (κ1) is 18.7. The molecule has 0 fully saturated rings. The van der Waals surface area contributed by atoms with Gasteiger partial charge in [0.15, 0.2) is 5.69 Å². The summed E-state index contributed by atoms with van der Waals surface area (Å²) in [6, 6.07) is 7.19. The van der Waals surface area contributed by atoms with E-state index in [1.165, 1.54) is 4.68 Å². The predicted molar refractivity (Wildman–Crippen MR) is 100 cm³/mol. The lowest BCUT2D eigenvalue weighted by Gasteiger charge is -2.18. The minimum atomic E-state index is -0.506. The SMILES string of the molecule is CCOC(=O)c1nn(-c2ccc(OC)cc2)c2c1CCC(=CN(C)C)C2=O. The molecule has 1 aromatic heterocycles. The summed E-state index contributed by atoms with van der Waals surface area (Å²) in [6.45, 7) is 2.00. The number of esters is 1. The van der Waals surface area contributed by atoms with E-state index in [1.807, 2.05) is 25.2 Å². The number of fused-ring (bicyclic) bond motifs is 1. The summed E-state index contributed by atoms with van der Waals surface area (Å²) in [6.07, 6.45) is 2.94. The number of Topliss-reactive ketones (excluding diaryl/α,β-unsaturated/α-hetero) is 1. The van der Waals surface area contributed by atoms with E-state index in [0.717, 1.165) is 0 Å². The maximum atomic E-state index is 13.1. The second-order valence-corrected chi connectivity index (χ2v) is 6.45. The van der Waals surface area contributed by atoms with Crippen LogP contribution in [-0.2, 0) is 11.2 Å². The zero-order valence-corrected chi connectivity index (χ0v) is 16.0. The second kappa shape index (κ2) is 7.65. The number of aromatic nitrogens is 2. The third-order valence-corrected chi connectivity index (χ3v) is 4.33. The Morgan fingerprint density at radius 2 is 1.96 bits per heavy atom. The van der Waals surface area contributed by atoms with E-state index >= 15 is 0 Å². The summed E-state index contributed by atoms with van der Waals surface area (Å²) in [5.74, 6) is 0.0718. The molecule has 7 heteroatoms. The van der Waals surface area contributed by atoms with Crippen LogP contribution in [0.4, 0.5) is 0 Å². The van der Waals surface area contributed by atoms with E-state index in [9.17, 15) is 9.59 Å². The summed E-state index contributed by atoms with van der Waals surface area (Å²) in [4.78, 5) is 27.4. The largest absolute Gasteiger partial charge is 0.497 e. The van der Waals surface area contributed by atoms with Gasteiger partial charge in [-0.1, -0.05) is 0 Å². The number of nitrogens with zero attached hydrogens (tertiary/aromatic N) is 3. The maximum absolute atomic E-state index is 13.1. The van der Waals surface area contributed by atoms with Crippen LogP contribution in [0.1, 0.15) is 39.9 Å². The van der Waals surface area contributed by atoms with Crippen molar-refractivity contribution >= 4 is 11.8 Å². The highest BCUT2D eigenvalue weighted by molar-refractivity contribution is 6.11. The minimum Gasteiger partial charge on any atom is -0.497 e. The van der Waals surface area contributed by atoms with E-state index < -0.39 is 5.97 Å². The van der Waals surface area contributed by atoms with Crippen LogP contribution >= 0.6 is 0 Å². The van der Waals surface area contributed by atoms with Gasteiger partial charge in [-0.25, -0.2) is 9.48 Å². The summed E-state index contributed by atoms with van der Waals surface area (Å²) in [5, 5.41) is 4.44. The maximum Gasteiger partial charge on any atom is 0.359 e. The molecule has 0 bridgehead atoms. The summed E-state index contributed by atoms with van der Waals surface area (Å²) >= 11 is 0. The zero-order valence-electron chi connectivity index (χ0n) is 16.0. The third kappa shape index (κ3) is 3.58. The van der Waals surface area contributed by atoms with Crippen molar-refractivity contribution in [1.82, 2.24) is 14.7 Å². The number of ether oxygens (including phenoxy) is 2. The van der Waals surface area contributed by atoms with Crippen molar-refractivity contribution in [2.24, 2.45) is 0 Å². The fraction of sp³-hybridized carbons (Fsp3) is 0.350. The fourth-order valence-corrected chi connectivity index (χ4v) is 3.15. The van der Waals surface area contributed by atoms with Gasteiger partial charge < -0.3 is 14.4 Å². The van der Waals surface area contributed by atoms with E-state index in [1.54, 1.807) is 38.3 Å². The Morgan fingerprint density at radius 3 is 2.56 bits per heavy atom. The Kier molecular flexibility index (Phi) is 5.30. The molecule has 1 heterocycles. The van der Waals surface area contributed by atoms with Crippen molar-refractivity contribution < 1.29 is 19.1 Å². The van der Waals surface area contributed by atoms with Crippen molar-refractivity contribution in [1.29, 1.82) is 0 Å². The quantitative estimate of drug-likeness (QED) is 0.596. The minimum absolute atomic E-state index is 0.121. The standard InChI is InChI=1S/C20H23N3O4/c1-5-27-20(25)17-16-11-6-13(12-22(2)3)19(24)18(16)23(21-17)14-7-9-15(26-4)10-8-14/h7-10,12H,5-6,11H2,1-4H3. The molecule has 0 atom stereocenters. The number of hydrogen-bond acceptors (Lipinski definition) is 6. The molecule has 27 heavy (non-hydrogen) atoms. The second-order valence-electron chi connectivity index (χ2n) is 6.45. The molecule has 1 aromatic carbocycles. The van der Waals surface area contributed by atoms with Crippen LogP contribution in [0.5, 0.6) is 5.75 Å². The molecule has 0 saturated heterocycles. The van der Waals surface area contributed by atoms with E-state index in [-0.39, 0.29) is 18.1 Å². The number of benzene rings is 1. The summed E-state index contributed by atoms with van der Waals surface area (Å²) < 4.78 is 11.9. The normalized spacial score (nSPS) is 14.8. The lowest BCUT2D eigenvalue weighted by molar-refractivity contribution is 0.0517. The molecule has 0 amide bonds. The van der Waals surface area contributed by atoms with Crippen LogP contribution in [0, 0.1) is 0 Å². The van der Waals surface area contributed by atoms with Gasteiger partial charge in [-0.05, 0) is 44.0 Å². The highest BCUT2D eigenvalue weighted by atomic mass is 16.5. The molecule has 0 radical (unpaired) electrons. The average molecular weight is 369 g/mol. The third-order valence-electron chi connectivity index (χ3n) is 4.33. The summed E-state index contributed by atoms with van der Waals surface area (Å²) in [5.41, 5.74) is 2.65. The highest BCUT2D eigenvalue weighted by Crippen LogP contribution is 2.30. The average Bonchev–Trinajstić information content (AvgIpc) is 3.04. The number of carbonyl (C=O) groups is 2. The number of ketones is 1. The molecule has 2 aromatic rings.